The van der Waals surface area contributed by atoms with Gasteiger partial charge in [-0.3, -0.25) is 4.79 Å². The summed E-state index contributed by atoms with van der Waals surface area (Å²) in [6, 6.07) is 11.3. The van der Waals surface area contributed by atoms with Gasteiger partial charge in [0.05, 0.1) is 5.56 Å². The number of carboxylic acid groups (broad SMARTS) is 2. The van der Waals surface area contributed by atoms with Gasteiger partial charge in [-0.1, -0.05) is 47.5 Å². The number of esters is 1. The molecule has 28 heavy (non-hydrogen) atoms. The number of ketones is 1. The Morgan fingerprint density at radius 2 is 1.29 bits per heavy atom. The van der Waals surface area contributed by atoms with Crippen LogP contribution in [0, 0.1) is 13.8 Å². The van der Waals surface area contributed by atoms with Crippen molar-refractivity contribution >= 4 is 23.7 Å². The highest BCUT2D eigenvalue weighted by molar-refractivity contribution is 6.19. The van der Waals surface area contributed by atoms with Crippen LogP contribution in [-0.4, -0.2) is 50.7 Å². The monoisotopic (exact) mass is 388 g/mol. The first kappa shape index (κ1) is 20.8. The van der Waals surface area contributed by atoms with Gasteiger partial charge in [-0.15, -0.1) is 0 Å². The molecule has 0 heterocycles. The molecule has 0 aliphatic rings. The Morgan fingerprint density at radius 1 is 0.857 bits per heavy atom. The molecule has 2 aromatic carbocycles. The molecule has 0 saturated carbocycles. The molecule has 0 spiro atoms. The van der Waals surface area contributed by atoms with E-state index in [4.69, 9.17) is 9.84 Å². The van der Waals surface area contributed by atoms with Crippen LogP contribution in [-0.2, 0) is 14.3 Å². The van der Waals surface area contributed by atoms with Crippen LogP contribution in [0.4, 0.5) is 0 Å². The number of carbonyl (C=O) groups excluding carboxylic acids is 2. The van der Waals surface area contributed by atoms with Crippen molar-refractivity contribution in [3.63, 3.8) is 0 Å². The smallest absolute Gasteiger partial charge is 0.360 e. The highest BCUT2D eigenvalue weighted by Gasteiger charge is 2.59. The number of aliphatic carboxylic acids is 2. The summed E-state index contributed by atoms with van der Waals surface area (Å²) in [4.78, 5) is 48.7. The van der Waals surface area contributed by atoms with E-state index in [1.54, 1.807) is 26.0 Å². The fraction of sp³-hybridized carbons (Fsp3) is 0.200. The number of hydrogen-bond acceptors (Lipinski definition) is 6. The Labute approximate surface area is 161 Å². The zero-order valence-corrected chi connectivity index (χ0v) is 15.1. The first-order chi connectivity index (χ1) is 13.1. The van der Waals surface area contributed by atoms with Crippen molar-refractivity contribution in [2.75, 3.05) is 0 Å². The van der Waals surface area contributed by atoms with E-state index >= 15 is 0 Å². The van der Waals surface area contributed by atoms with Gasteiger partial charge in [0.15, 0.2) is 0 Å². The largest absolute Gasteiger partial charge is 0.479 e. The molecular formula is C20H20O8. The molecule has 0 fully saturated rings. The van der Waals surface area contributed by atoms with Crippen molar-refractivity contribution in [2.45, 2.75) is 25.6 Å². The lowest BCUT2D eigenvalue weighted by atomic mass is 9.86. The summed E-state index contributed by atoms with van der Waals surface area (Å²) in [5.74, 6) is -6.76. The van der Waals surface area contributed by atoms with E-state index in [-0.39, 0.29) is 12.6 Å². The average molecular weight is 388 g/mol. The Morgan fingerprint density at radius 3 is 1.68 bits per heavy atom. The third kappa shape index (κ3) is 3.91. The van der Waals surface area contributed by atoms with Gasteiger partial charge in [0, 0.05) is 6.99 Å². The highest BCUT2D eigenvalue weighted by atomic mass is 16.6. The van der Waals surface area contributed by atoms with Crippen LogP contribution < -0.4 is 0 Å². The average Bonchev–Trinajstić information content (AvgIpc) is 2.65. The molecule has 0 saturated heterocycles. The van der Waals surface area contributed by atoms with Crippen LogP contribution >= 0.6 is 0 Å². The molecule has 8 nitrogen and oxygen atoms in total. The van der Waals surface area contributed by atoms with Crippen molar-refractivity contribution in [1.29, 1.82) is 0 Å². The van der Waals surface area contributed by atoms with Crippen molar-refractivity contribution in [1.82, 2.24) is 0 Å². The quantitative estimate of drug-likeness (QED) is 0.371. The number of Topliss-reactive ketones (excluding diaryl/α,β-unsaturated/α-hetero) is 1. The summed E-state index contributed by atoms with van der Waals surface area (Å²) >= 11 is 0. The van der Waals surface area contributed by atoms with Crippen LogP contribution in [0.5, 0.6) is 0 Å². The van der Waals surface area contributed by atoms with Crippen LogP contribution in [0.1, 0.15) is 33.3 Å². The summed E-state index contributed by atoms with van der Waals surface area (Å²) < 4.78 is 4.88. The Kier molecular flexibility index (Phi) is 5.95. The van der Waals surface area contributed by atoms with Crippen LogP contribution in [0.3, 0.4) is 0 Å². The Hall–Kier alpha value is -3.52. The van der Waals surface area contributed by atoms with Crippen LogP contribution in [0.25, 0.3) is 0 Å². The number of ether oxygens (including phenoxy) is 1. The SMILES string of the molecule is Cc1ccc(C(=O)O[C@@](C(=O)O)(C(=O)c2ccc(C)cc2)[C@H](O)C(=O)O)cc1.[HH]. The molecule has 0 amide bonds. The number of hydrogen-bond donors (Lipinski definition) is 3. The molecule has 0 radical (unpaired) electrons. The second-order valence-corrected chi connectivity index (χ2v) is 6.23. The molecule has 2 atom stereocenters. The van der Waals surface area contributed by atoms with Crippen molar-refractivity contribution in [2.24, 2.45) is 0 Å². The predicted octanol–water partition coefficient (Wildman–Crippen LogP) is 1.86. The lowest BCUT2D eigenvalue weighted by molar-refractivity contribution is -0.176. The minimum Gasteiger partial charge on any atom is -0.479 e. The molecule has 0 aliphatic heterocycles. The van der Waals surface area contributed by atoms with Crippen molar-refractivity contribution in [3.05, 3.63) is 70.8 Å². The normalized spacial score (nSPS) is 13.8. The number of benzene rings is 2. The zero-order valence-electron chi connectivity index (χ0n) is 15.1. The molecule has 2 aromatic rings. The maximum atomic E-state index is 12.9. The topological polar surface area (TPSA) is 138 Å². The third-order valence-electron chi connectivity index (χ3n) is 4.13. The standard InChI is InChI=1S/C20H18O8.H2/c1-11-3-7-13(8-4-11)15(21)20(19(26)27,16(22)17(23)24)28-18(25)14-9-5-12(2)6-10-14;/h3-10,16,22H,1-2H3,(H,23,24)(H,26,27);1H/t16-,20+;/m1./s1. The van der Waals surface area contributed by atoms with Gasteiger partial charge >= 0.3 is 23.5 Å². The van der Waals surface area contributed by atoms with E-state index < -0.39 is 35.4 Å². The molecule has 0 aliphatic carbocycles. The van der Waals surface area contributed by atoms with Gasteiger partial charge in [0.2, 0.25) is 11.9 Å². The highest BCUT2D eigenvalue weighted by Crippen LogP contribution is 2.26. The minimum atomic E-state index is -3.36. The lowest BCUT2D eigenvalue weighted by Crippen LogP contribution is -2.61. The first-order valence-electron chi connectivity index (χ1n) is 8.15. The number of aryl methyl sites for hydroxylation is 2. The van der Waals surface area contributed by atoms with E-state index in [2.05, 4.69) is 0 Å². The first-order valence-corrected chi connectivity index (χ1v) is 8.15. The molecule has 0 unspecified atom stereocenters. The molecule has 0 bridgehead atoms. The Balaban J connectivity index is 0.00000420. The molecule has 3 N–H and O–H groups in total. The molecule has 0 aromatic heterocycles. The summed E-state index contributed by atoms with van der Waals surface area (Å²) in [6.07, 6.45) is -2.83. The summed E-state index contributed by atoms with van der Waals surface area (Å²) in [5.41, 5.74) is -2.13. The van der Waals surface area contributed by atoms with Gasteiger partial charge in [0.1, 0.15) is 0 Å². The summed E-state index contributed by atoms with van der Waals surface area (Å²) in [6.45, 7) is 3.48. The van der Waals surface area contributed by atoms with Crippen molar-refractivity contribution in [3.8, 4) is 0 Å². The maximum Gasteiger partial charge on any atom is 0.360 e. The number of aliphatic hydroxyl groups is 1. The van der Waals surface area contributed by atoms with Gasteiger partial charge in [-0.05, 0) is 26.0 Å². The van der Waals surface area contributed by atoms with E-state index in [1.165, 1.54) is 36.4 Å². The molecule has 2 rings (SSSR count). The van der Waals surface area contributed by atoms with Crippen LogP contribution in [0.2, 0.25) is 0 Å². The lowest BCUT2D eigenvalue weighted by Gasteiger charge is -2.30. The van der Waals surface area contributed by atoms with Gasteiger partial charge in [-0.25, -0.2) is 14.4 Å². The van der Waals surface area contributed by atoms with E-state index in [1.807, 2.05) is 0 Å². The number of carboxylic acids is 2. The van der Waals surface area contributed by atoms with Crippen molar-refractivity contribution < 1.29 is 40.7 Å². The van der Waals surface area contributed by atoms with Gasteiger partial charge < -0.3 is 20.1 Å². The number of rotatable bonds is 7. The van der Waals surface area contributed by atoms with E-state index in [9.17, 15) is 29.4 Å². The van der Waals surface area contributed by atoms with Gasteiger partial charge in [-0.2, -0.15) is 0 Å². The number of carbonyl (C=O) groups is 4. The molecular weight excluding hydrogens is 368 g/mol. The Bertz CT molecular complexity index is 921. The predicted molar refractivity (Wildman–Crippen MR) is 98.2 cm³/mol. The van der Waals surface area contributed by atoms with E-state index in [0.29, 0.717) is 0 Å². The van der Waals surface area contributed by atoms with Gasteiger partial charge in [0.25, 0.3) is 0 Å². The summed E-state index contributed by atoms with van der Waals surface area (Å²) in [7, 11) is 0. The fourth-order valence-electron chi connectivity index (χ4n) is 2.47. The fourth-order valence-corrected chi connectivity index (χ4v) is 2.47. The second-order valence-electron chi connectivity index (χ2n) is 6.23. The molecule has 148 valence electrons. The zero-order chi connectivity index (χ0) is 21.1. The number of aliphatic hydroxyl groups excluding tert-OH is 1. The second kappa shape index (κ2) is 8.01. The summed E-state index contributed by atoms with van der Waals surface area (Å²) in [5, 5.41) is 28.9. The molecule has 8 heteroatoms. The maximum absolute atomic E-state index is 12.9. The minimum absolute atomic E-state index is 0. The third-order valence-corrected chi connectivity index (χ3v) is 4.13. The van der Waals surface area contributed by atoms with E-state index in [0.717, 1.165) is 11.1 Å². The van der Waals surface area contributed by atoms with Crippen LogP contribution in [0.15, 0.2) is 48.5 Å².